The summed E-state index contributed by atoms with van der Waals surface area (Å²) in [5.41, 5.74) is 5.01. The lowest BCUT2D eigenvalue weighted by Crippen LogP contribution is -2.18. The number of halogens is 1. The second kappa shape index (κ2) is 11.4. The van der Waals surface area contributed by atoms with E-state index in [-0.39, 0.29) is 4.90 Å². The molecule has 4 aromatic rings. The van der Waals surface area contributed by atoms with E-state index in [1.165, 1.54) is 12.1 Å². The summed E-state index contributed by atoms with van der Waals surface area (Å²) in [7, 11) is 0.0996. The van der Waals surface area contributed by atoms with Gasteiger partial charge in [-0.25, -0.2) is 0 Å². The van der Waals surface area contributed by atoms with Crippen molar-refractivity contribution in [2.24, 2.45) is 4.99 Å². The highest BCUT2D eigenvalue weighted by Gasteiger charge is 2.23. The number of aryl methyl sites for hydroxylation is 1. The molecule has 1 N–H and O–H groups in total. The predicted octanol–water partition coefficient (Wildman–Crippen LogP) is 4.62. The SMILES string of the molecule is CN(C)CCc1nnc2n1-c1ccc(Cl)cc1C(c1ccccc1)=NC2.Cc1ccc(S(=O)(=O)O)cc1. The van der Waals surface area contributed by atoms with Crippen LogP contribution in [0.25, 0.3) is 5.69 Å². The fourth-order valence-electron chi connectivity index (χ4n) is 3.90. The van der Waals surface area contributed by atoms with E-state index >= 15 is 0 Å². The molecule has 0 amide bonds. The van der Waals surface area contributed by atoms with Gasteiger partial charge in [0.05, 0.1) is 16.3 Å². The first kappa shape index (κ1) is 26.7. The number of benzene rings is 3. The molecule has 0 bridgehead atoms. The quantitative estimate of drug-likeness (QED) is 0.373. The molecule has 10 heteroatoms. The third kappa shape index (κ3) is 6.50. The van der Waals surface area contributed by atoms with E-state index in [9.17, 15) is 8.42 Å². The van der Waals surface area contributed by atoms with Gasteiger partial charge in [-0.2, -0.15) is 8.42 Å². The third-order valence-corrected chi connectivity index (χ3v) is 6.88. The van der Waals surface area contributed by atoms with E-state index < -0.39 is 10.1 Å². The lowest BCUT2D eigenvalue weighted by Gasteiger charge is -2.15. The van der Waals surface area contributed by atoms with Gasteiger partial charge in [0, 0.05) is 29.1 Å². The van der Waals surface area contributed by atoms with Crippen molar-refractivity contribution in [3.05, 3.63) is 106 Å². The number of hydrogen-bond acceptors (Lipinski definition) is 6. The average molecular weight is 538 g/mol. The zero-order chi connectivity index (χ0) is 26.6. The number of aliphatic imine (C=N–C) groups is 1. The van der Waals surface area contributed by atoms with Gasteiger partial charge >= 0.3 is 0 Å². The Morgan fingerprint density at radius 2 is 1.70 bits per heavy atom. The molecule has 37 heavy (non-hydrogen) atoms. The first-order valence-corrected chi connectivity index (χ1v) is 13.5. The van der Waals surface area contributed by atoms with Crippen LogP contribution in [-0.4, -0.2) is 59.0 Å². The maximum atomic E-state index is 10.5. The smallest absolute Gasteiger partial charge is 0.294 e. The number of rotatable bonds is 5. The minimum absolute atomic E-state index is 0.0666. The highest BCUT2D eigenvalue weighted by Crippen LogP contribution is 2.28. The Kier molecular flexibility index (Phi) is 8.19. The topological polar surface area (TPSA) is 101 Å². The summed E-state index contributed by atoms with van der Waals surface area (Å²) in [6.07, 6.45) is 0.822. The van der Waals surface area contributed by atoms with Gasteiger partial charge in [0.1, 0.15) is 12.4 Å². The molecule has 0 atom stereocenters. The fourth-order valence-corrected chi connectivity index (χ4v) is 4.55. The van der Waals surface area contributed by atoms with Gasteiger partial charge in [-0.15, -0.1) is 10.2 Å². The Balaban J connectivity index is 0.000000245. The number of fused-ring (bicyclic) bond motifs is 3. The summed E-state index contributed by atoms with van der Waals surface area (Å²) >= 11 is 6.32. The zero-order valence-corrected chi connectivity index (χ0v) is 22.4. The number of hydrogen-bond donors (Lipinski definition) is 1. The van der Waals surface area contributed by atoms with Crippen molar-refractivity contribution < 1.29 is 13.0 Å². The Hall–Kier alpha value is -3.37. The highest BCUT2D eigenvalue weighted by molar-refractivity contribution is 7.85. The largest absolute Gasteiger partial charge is 0.309 e. The summed E-state index contributed by atoms with van der Waals surface area (Å²) in [6.45, 7) is 3.24. The van der Waals surface area contributed by atoms with E-state index in [1.54, 1.807) is 12.1 Å². The Labute approximate surface area is 222 Å². The molecule has 1 aliphatic heterocycles. The van der Waals surface area contributed by atoms with E-state index in [2.05, 4.69) is 45.9 Å². The van der Waals surface area contributed by atoms with Crippen molar-refractivity contribution in [1.29, 1.82) is 0 Å². The van der Waals surface area contributed by atoms with E-state index in [4.69, 9.17) is 21.1 Å². The lowest BCUT2D eigenvalue weighted by molar-refractivity contribution is 0.408. The van der Waals surface area contributed by atoms with Crippen molar-refractivity contribution in [2.75, 3.05) is 20.6 Å². The van der Waals surface area contributed by atoms with E-state index in [0.717, 1.165) is 52.7 Å². The molecule has 1 aromatic heterocycles. The van der Waals surface area contributed by atoms with Crippen molar-refractivity contribution in [2.45, 2.75) is 24.8 Å². The average Bonchev–Trinajstić information content (AvgIpc) is 3.19. The van der Waals surface area contributed by atoms with Crippen LogP contribution >= 0.6 is 11.6 Å². The molecule has 5 rings (SSSR count). The summed E-state index contributed by atoms with van der Waals surface area (Å²) in [5, 5.41) is 9.51. The second-order valence-electron chi connectivity index (χ2n) is 8.90. The molecule has 0 aliphatic carbocycles. The minimum atomic E-state index is -4.02. The highest BCUT2D eigenvalue weighted by atomic mass is 35.5. The molecule has 0 unspecified atom stereocenters. The second-order valence-corrected chi connectivity index (χ2v) is 10.8. The van der Waals surface area contributed by atoms with Gasteiger partial charge < -0.3 is 4.90 Å². The van der Waals surface area contributed by atoms with Crippen LogP contribution in [0.2, 0.25) is 5.02 Å². The normalized spacial score (nSPS) is 12.6. The molecule has 0 spiro atoms. The van der Waals surface area contributed by atoms with Crippen molar-refractivity contribution in [3.8, 4) is 5.69 Å². The molecule has 1 aliphatic rings. The lowest BCUT2D eigenvalue weighted by atomic mass is 10.0. The van der Waals surface area contributed by atoms with Crippen LogP contribution in [0, 0.1) is 6.92 Å². The van der Waals surface area contributed by atoms with Crippen molar-refractivity contribution in [3.63, 3.8) is 0 Å². The Bertz CT molecular complexity index is 1520. The van der Waals surface area contributed by atoms with Gasteiger partial charge in [0.15, 0.2) is 5.82 Å². The molecule has 0 saturated heterocycles. The molecule has 3 aromatic carbocycles. The summed E-state index contributed by atoms with van der Waals surface area (Å²) < 4.78 is 31.7. The van der Waals surface area contributed by atoms with Gasteiger partial charge in [-0.1, -0.05) is 59.6 Å². The molecule has 0 fully saturated rings. The van der Waals surface area contributed by atoms with Crippen molar-refractivity contribution >= 4 is 27.4 Å². The van der Waals surface area contributed by atoms with Crippen LogP contribution in [0.3, 0.4) is 0 Å². The molecular formula is C27H28ClN5O3S. The van der Waals surface area contributed by atoms with Gasteiger partial charge in [-0.3, -0.25) is 14.1 Å². The van der Waals surface area contributed by atoms with Crippen molar-refractivity contribution in [1.82, 2.24) is 19.7 Å². The third-order valence-electron chi connectivity index (χ3n) is 5.78. The fraction of sp³-hybridized carbons (Fsp3) is 0.222. The molecule has 8 nitrogen and oxygen atoms in total. The summed E-state index contributed by atoms with van der Waals surface area (Å²) in [6, 6.07) is 22.1. The van der Waals surface area contributed by atoms with E-state index in [1.807, 2.05) is 43.3 Å². The molecule has 192 valence electrons. The molecule has 2 heterocycles. The maximum absolute atomic E-state index is 10.5. The Morgan fingerprint density at radius 3 is 2.35 bits per heavy atom. The molecule has 0 radical (unpaired) electrons. The standard InChI is InChI=1S/C20H20ClN5.C7H8O3S/c1-25(2)11-10-18-23-24-19-13-22-20(14-6-4-3-5-7-14)16-12-15(21)8-9-17(16)26(18)19;1-6-2-4-7(5-3-6)11(8,9)10/h3-9,12H,10-11,13H2,1-2H3;2-5H,1H3,(H,8,9,10). The van der Waals surface area contributed by atoms with Crippen LogP contribution in [0.4, 0.5) is 0 Å². The van der Waals surface area contributed by atoms with Crippen LogP contribution in [0.15, 0.2) is 82.7 Å². The van der Waals surface area contributed by atoms with Crippen LogP contribution in [0.5, 0.6) is 0 Å². The predicted molar refractivity (Wildman–Crippen MR) is 145 cm³/mol. The first-order chi connectivity index (χ1) is 17.6. The summed E-state index contributed by atoms with van der Waals surface area (Å²) in [5.74, 6) is 1.80. The van der Waals surface area contributed by atoms with E-state index in [0.29, 0.717) is 11.6 Å². The molecular weight excluding hydrogens is 510 g/mol. The van der Waals surface area contributed by atoms with Crippen LogP contribution < -0.4 is 0 Å². The maximum Gasteiger partial charge on any atom is 0.294 e. The zero-order valence-electron chi connectivity index (χ0n) is 20.8. The van der Waals surface area contributed by atoms with Crippen LogP contribution in [0.1, 0.15) is 28.3 Å². The number of nitrogens with zero attached hydrogens (tertiary/aromatic N) is 5. The Morgan fingerprint density at radius 1 is 1.00 bits per heavy atom. The van der Waals surface area contributed by atoms with Gasteiger partial charge in [0.25, 0.3) is 10.1 Å². The minimum Gasteiger partial charge on any atom is -0.309 e. The van der Waals surface area contributed by atoms with Crippen LogP contribution in [-0.2, 0) is 23.1 Å². The summed E-state index contributed by atoms with van der Waals surface area (Å²) in [4.78, 5) is 6.93. The monoisotopic (exact) mass is 537 g/mol. The number of likely N-dealkylation sites (N-methyl/N-ethyl adjacent to an activating group) is 1. The number of aromatic nitrogens is 3. The molecule has 0 saturated carbocycles. The van der Waals surface area contributed by atoms with Gasteiger partial charge in [-0.05, 0) is 51.4 Å². The first-order valence-electron chi connectivity index (χ1n) is 11.7. The van der Waals surface area contributed by atoms with Gasteiger partial charge in [0.2, 0.25) is 0 Å².